The fourth-order valence-corrected chi connectivity index (χ4v) is 1.55. The minimum atomic E-state index is -2.27. The van der Waals surface area contributed by atoms with Gasteiger partial charge in [-0.25, -0.2) is 4.39 Å². The van der Waals surface area contributed by atoms with Gasteiger partial charge in [-0.05, 0) is 48.2 Å². The van der Waals surface area contributed by atoms with Gasteiger partial charge in [-0.1, -0.05) is 0 Å². The van der Waals surface area contributed by atoms with E-state index < -0.39 is 11.1 Å². The SMILES string of the molecule is Cc1cc(S(=O)[O-])cc(C)c1F. The molecular weight excluding hydrogens is 179 g/mol. The Kier molecular flexibility index (Phi) is 2.59. The lowest BCUT2D eigenvalue weighted by molar-refractivity contribution is 0.536. The van der Waals surface area contributed by atoms with Crippen LogP contribution in [-0.2, 0) is 11.1 Å². The first-order chi connectivity index (χ1) is 5.52. The van der Waals surface area contributed by atoms with Gasteiger partial charge in [0.05, 0.1) is 0 Å². The lowest BCUT2D eigenvalue weighted by atomic mass is 10.1. The highest BCUT2D eigenvalue weighted by atomic mass is 32.2. The molecule has 12 heavy (non-hydrogen) atoms. The van der Waals surface area contributed by atoms with Crippen LogP contribution in [0.1, 0.15) is 11.1 Å². The standard InChI is InChI=1S/C8H9FO2S/c1-5-3-7(12(10)11)4-6(2)8(5)9/h3-4H,1-2H3,(H,10,11)/p-1. The average molecular weight is 187 g/mol. The molecule has 0 aliphatic carbocycles. The van der Waals surface area contributed by atoms with Crippen molar-refractivity contribution in [3.05, 3.63) is 29.1 Å². The smallest absolute Gasteiger partial charge is 0.129 e. The van der Waals surface area contributed by atoms with Crippen LogP contribution in [0.3, 0.4) is 0 Å². The van der Waals surface area contributed by atoms with E-state index in [-0.39, 0.29) is 10.7 Å². The first kappa shape index (κ1) is 9.35. The maximum Gasteiger partial charge on any atom is 0.129 e. The van der Waals surface area contributed by atoms with Gasteiger partial charge in [-0.15, -0.1) is 0 Å². The quantitative estimate of drug-likeness (QED) is 0.627. The van der Waals surface area contributed by atoms with Crippen LogP contribution in [0.5, 0.6) is 0 Å². The van der Waals surface area contributed by atoms with Crippen LogP contribution in [0.25, 0.3) is 0 Å². The molecule has 0 amide bonds. The normalized spacial score (nSPS) is 13.0. The van der Waals surface area contributed by atoms with Crippen LogP contribution in [-0.4, -0.2) is 8.76 Å². The van der Waals surface area contributed by atoms with E-state index in [4.69, 9.17) is 0 Å². The summed E-state index contributed by atoms with van der Waals surface area (Å²) < 4.78 is 34.0. The van der Waals surface area contributed by atoms with E-state index in [1.165, 1.54) is 12.1 Å². The molecular formula is C8H8FO2S-. The van der Waals surface area contributed by atoms with Gasteiger partial charge in [-0.3, -0.25) is 4.21 Å². The Morgan fingerprint density at radius 1 is 1.33 bits per heavy atom. The molecule has 0 fully saturated rings. The van der Waals surface area contributed by atoms with Gasteiger partial charge in [0, 0.05) is 4.90 Å². The van der Waals surface area contributed by atoms with Gasteiger partial charge in [-0.2, -0.15) is 0 Å². The van der Waals surface area contributed by atoms with Gasteiger partial charge in [0.25, 0.3) is 0 Å². The zero-order valence-corrected chi connectivity index (χ0v) is 7.57. The second-order valence-corrected chi connectivity index (χ2v) is 3.55. The number of hydrogen-bond acceptors (Lipinski definition) is 2. The minimum Gasteiger partial charge on any atom is -0.768 e. The molecule has 0 saturated heterocycles. The van der Waals surface area contributed by atoms with Gasteiger partial charge in [0.15, 0.2) is 0 Å². The Bertz CT molecular complexity index is 313. The maximum atomic E-state index is 13.0. The summed E-state index contributed by atoms with van der Waals surface area (Å²) in [6.07, 6.45) is 0. The van der Waals surface area contributed by atoms with Crippen molar-refractivity contribution in [2.45, 2.75) is 18.7 Å². The maximum absolute atomic E-state index is 13.0. The minimum absolute atomic E-state index is 0.131. The number of benzene rings is 1. The van der Waals surface area contributed by atoms with E-state index in [0.717, 1.165) is 0 Å². The third-order valence-corrected chi connectivity index (χ3v) is 2.22. The monoisotopic (exact) mass is 187 g/mol. The molecule has 66 valence electrons. The van der Waals surface area contributed by atoms with Crippen molar-refractivity contribution in [3.8, 4) is 0 Å². The Morgan fingerprint density at radius 3 is 2.08 bits per heavy atom. The van der Waals surface area contributed by atoms with E-state index in [0.29, 0.717) is 11.1 Å². The van der Waals surface area contributed by atoms with Crippen LogP contribution >= 0.6 is 0 Å². The third-order valence-electron chi connectivity index (χ3n) is 1.60. The van der Waals surface area contributed by atoms with Gasteiger partial charge in [0.1, 0.15) is 5.82 Å². The third kappa shape index (κ3) is 1.70. The van der Waals surface area contributed by atoms with Crippen LogP contribution < -0.4 is 0 Å². The van der Waals surface area contributed by atoms with Crippen LogP contribution in [0.4, 0.5) is 4.39 Å². The second-order valence-electron chi connectivity index (χ2n) is 2.61. The molecule has 0 spiro atoms. The molecule has 1 aromatic rings. The Morgan fingerprint density at radius 2 is 1.75 bits per heavy atom. The highest BCUT2D eigenvalue weighted by Crippen LogP contribution is 2.16. The molecule has 0 heterocycles. The number of aryl methyl sites for hydroxylation is 2. The van der Waals surface area contributed by atoms with E-state index in [9.17, 15) is 13.2 Å². The molecule has 0 aromatic heterocycles. The molecule has 0 bridgehead atoms. The fourth-order valence-electron chi connectivity index (χ4n) is 1.00. The van der Waals surface area contributed by atoms with Gasteiger partial charge >= 0.3 is 0 Å². The summed E-state index contributed by atoms with van der Waals surface area (Å²) in [6.45, 7) is 3.08. The zero-order valence-electron chi connectivity index (χ0n) is 6.76. The molecule has 0 saturated carbocycles. The lowest BCUT2D eigenvalue weighted by Gasteiger charge is -2.08. The highest BCUT2D eigenvalue weighted by molar-refractivity contribution is 7.79. The summed E-state index contributed by atoms with van der Waals surface area (Å²) >= 11 is -2.27. The molecule has 1 atom stereocenters. The molecule has 4 heteroatoms. The van der Waals surface area contributed by atoms with E-state index in [1.807, 2.05) is 0 Å². The molecule has 0 radical (unpaired) electrons. The summed E-state index contributed by atoms with van der Waals surface area (Å²) in [4.78, 5) is 0.131. The van der Waals surface area contributed by atoms with Crippen molar-refractivity contribution < 1.29 is 13.2 Å². The summed E-state index contributed by atoms with van der Waals surface area (Å²) in [5, 5.41) is 0. The molecule has 0 aliphatic rings. The zero-order chi connectivity index (χ0) is 9.30. The first-order valence-electron chi connectivity index (χ1n) is 3.38. The van der Waals surface area contributed by atoms with Crippen LogP contribution in [0, 0.1) is 19.7 Å². The Hall–Kier alpha value is -0.740. The van der Waals surface area contributed by atoms with Crippen molar-refractivity contribution in [1.82, 2.24) is 0 Å². The largest absolute Gasteiger partial charge is 0.768 e. The molecule has 0 aliphatic heterocycles. The van der Waals surface area contributed by atoms with Crippen LogP contribution in [0.15, 0.2) is 17.0 Å². The molecule has 0 N–H and O–H groups in total. The van der Waals surface area contributed by atoms with Crippen molar-refractivity contribution in [3.63, 3.8) is 0 Å². The second kappa shape index (κ2) is 3.33. The highest BCUT2D eigenvalue weighted by Gasteiger charge is 2.03. The first-order valence-corrected chi connectivity index (χ1v) is 4.46. The predicted molar refractivity (Wildman–Crippen MR) is 43.1 cm³/mol. The average Bonchev–Trinajstić information content (AvgIpc) is 1.99. The van der Waals surface area contributed by atoms with E-state index in [1.54, 1.807) is 13.8 Å². The molecule has 2 nitrogen and oxygen atoms in total. The number of halogens is 1. The van der Waals surface area contributed by atoms with Crippen LogP contribution in [0.2, 0.25) is 0 Å². The van der Waals surface area contributed by atoms with Gasteiger partial charge in [0.2, 0.25) is 0 Å². The Balaban J connectivity index is 3.31. The predicted octanol–water partition coefficient (Wildman–Crippen LogP) is 1.68. The Labute approximate surface area is 72.7 Å². The summed E-state index contributed by atoms with van der Waals surface area (Å²) in [5.74, 6) is -0.343. The van der Waals surface area contributed by atoms with E-state index >= 15 is 0 Å². The van der Waals surface area contributed by atoms with Crippen molar-refractivity contribution in [1.29, 1.82) is 0 Å². The summed E-state index contributed by atoms with van der Waals surface area (Å²) in [5.41, 5.74) is 0.711. The topological polar surface area (TPSA) is 40.1 Å². The fraction of sp³-hybridized carbons (Fsp3) is 0.250. The summed E-state index contributed by atoms with van der Waals surface area (Å²) in [7, 11) is 0. The van der Waals surface area contributed by atoms with Crippen molar-refractivity contribution in [2.24, 2.45) is 0 Å². The molecule has 1 rings (SSSR count). The molecule has 1 aromatic carbocycles. The van der Waals surface area contributed by atoms with E-state index in [2.05, 4.69) is 0 Å². The lowest BCUT2D eigenvalue weighted by Crippen LogP contribution is -1.94. The van der Waals surface area contributed by atoms with Crippen molar-refractivity contribution in [2.75, 3.05) is 0 Å². The van der Waals surface area contributed by atoms with Gasteiger partial charge < -0.3 is 4.55 Å². The summed E-state index contributed by atoms with van der Waals surface area (Å²) in [6, 6.07) is 2.62. The number of rotatable bonds is 1. The molecule has 1 unspecified atom stereocenters. The van der Waals surface area contributed by atoms with Crippen molar-refractivity contribution >= 4 is 11.1 Å². The number of hydrogen-bond donors (Lipinski definition) is 0.